The predicted octanol–water partition coefficient (Wildman–Crippen LogP) is 3.96. The fourth-order valence-electron chi connectivity index (χ4n) is 2.37. The maximum absolute atomic E-state index is 12.1. The summed E-state index contributed by atoms with van der Waals surface area (Å²) in [5.74, 6) is 1.24. The van der Waals surface area contributed by atoms with Gasteiger partial charge in [-0.2, -0.15) is 0 Å². The lowest BCUT2D eigenvalue weighted by Crippen LogP contribution is -2.29. The Hall–Kier alpha value is -3.41. The van der Waals surface area contributed by atoms with Crippen molar-refractivity contribution < 1.29 is 14.6 Å². The number of carbonyl (C=O) groups is 1. The fourth-order valence-corrected chi connectivity index (χ4v) is 2.37. The van der Waals surface area contributed by atoms with Crippen molar-refractivity contribution in [1.82, 2.24) is 5.32 Å². The number of amidine groups is 1. The lowest BCUT2D eigenvalue weighted by Gasteiger charge is -2.06. The Labute approximate surface area is 165 Å². The Bertz CT molecular complexity index is 867. The minimum absolute atomic E-state index is 0.172. The maximum Gasteiger partial charge on any atom is 0.229 e. The van der Waals surface area contributed by atoms with Gasteiger partial charge in [0.15, 0.2) is 0 Å². The van der Waals surface area contributed by atoms with E-state index in [0.717, 1.165) is 23.3 Å². The van der Waals surface area contributed by atoms with E-state index >= 15 is 0 Å². The van der Waals surface area contributed by atoms with E-state index < -0.39 is 0 Å². The fraction of sp³-hybridized carbons (Fsp3) is 0.227. The molecule has 28 heavy (non-hydrogen) atoms. The predicted molar refractivity (Wildman–Crippen MR) is 113 cm³/mol. The zero-order chi connectivity index (χ0) is 20.4. The molecule has 2 N–H and O–H groups in total. The molecule has 0 bridgehead atoms. The number of aliphatic imine (C=N–C) groups is 2. The van der Waals surface area contributed by atoms with Gasteiger partial charge in [-0.25, -0.2) is 4.99 Å². The zero-order valence-electron chi connectivity index (χ0n) is 16.3. The Balaban J connectivity index is 2.09. The molecule has 0 fully saturated rings. The van der Waals surface area contributed by atoms with Crippen LogP contribution in [0.3, 0.4) is 0 Å². The van der Waals surface area contributed by atoms with Crippen molar-refractivity contribution in [3.05, 3.63) is 65.9 Å². The summed E-state index contributed by atoms with van der Waals surface area (Å²) < 4.78 is 5.18. The van der Waals surface area contributed by atoms with Gasteiger partial charge in [0, 0.05) is 11.8 Å². The van der Waals surface area contributed by atoms with Crippen LogP contribution in [0.5, 0.6) is 11.5 Å². The van der Waals surface area contributed by atoms with Crippen LogP contribution in [-0.2, 0) is 11.2 Å². The second-order valence-electron chi connectivity index (χ2n) is 6.07. The van der Waals surface area contributed by atoms with Crippen molar-refractivity contribution >= 4 is 23.7 Å². The average molecular weight is 379 g/mol. The van der Waals surface area contributed by atoms with Crippen LogP contribution in [0.1, 0.15) is 31.4 Å². The highest BCUT2D eigenvalue weighted by Gasteiger charge is 2.05. The van der Waals surface area contributed by atoms with Gasteiger partial charge in [-0.3, -0.25) is 9.79 Å². The summed E-state index contributed by atoms with van der Waals surface area (Å²) in [5.41, 5.74) is 2.40. The number of methoxy groups -OCH3 is 1. The first-order valence-corrected chi connectivity index (χ1v) is 9.01. The molecule has 0 unspecified atom stereocenters. The molecular weight excluding hydrogens is 354 g/mol. The summed E-state index contributed by atoms with van der Waals surface area (Å²) in [5, 5.41) is 12.1. The number of amides is 1. The minimum atomic E-state index is -0.177. The van der Waals surface area contributed by atoms with Crippen LogP contribution < -0.4 is 10.1 Å². The third kappa shape index (κ3) is 6.72. The van der Waals surface area contributed by atoms with E-state index in [1.807, 2.05) is 37.4 Å². The first-order chi connectivity index (χ1) is 13.5. The highest BCUT2D eigenvalue weighted by Crippen LogP contribution is 2.19. The molecule has 2 aromatic carbocycles. The van der Waals surface area contributed by atoms with Crippen LogP contribution in [0.15, 0.2) is 64.7 Å². The van der Waals surface area contributed by atoms with E-state index in [0.29, 0.717) is 11.5 Å². The van der Waals surface area contributed by atoms with Crippen molar-refractivity contribution in [2.75, 3.05) is 7.11 Å². The molecule has 0 atom stereocenters. The number of nitrogens with one attached hydrogen (secondary N) is 1. The summed E-state index contributed by atoms with van der Waals surface area (Å²) in [6.07, 6.45) is 4.45. The molecule has 2 aromatic rings. The van der Waals surface area contributed by atoms with Crippen LogP contribution in [-0.4, -0.2) is 30.2 Å². The number of nitrogens with zero attached hydrogens (tertiary/aromatic N) is 2. The van der Waals surface area contributed by atoms with E-state index in [2.05, 4.69) is 15.3 Å². The number of hydrogen-bond donors (Lipinski definition) is 2. The second-order valence-corrected chi connectivity index (χ2v) is 6.07. The number of hydrogen-bond acceptors (Lipinski definition) is 5. The first-order valence-electron chi connectivity index (χ1n) is 9.01. The lowest BCUT2D eigenvalue weighted by atomic mass is 10.1. The van der Waals surface area contributed by atoms with Crippen LogP contribution in [0.4, 0.5) is 0 Å². The van der Waals surface area contributed by atoms with Crippen molar-refractivity contribution in [2.45, 2.75) is 26.7 Å². The number of aromatic hydroxyl groups is 1. The number of ether oxygens (including phenoxy) is 1. The Morgan fingerprint density at radius 1 is 1.14 bits per heavy atom. The molecule has 6 nitrogen and oxygen atoms in total. The van der Waals surface area contributed by atoms with Gasteiger partial charge in [-0.1, -0.05) is 19.1 Å². The maximum atomic E-state index is 12.1. The lowest BCUT2D eigenvalue weighted by molar-refractivity contribution is -0.119. The topological polar surface area (TPSA) is 83.3 Å². The number of carbonyl (C=O) groups excluding carboxylic acids is 1. The number of phenols is 1. The molecule has 0 saturated heterocycles. The quantitative estimate of drug-likeness (QED) is 0.564. The van der Waals surface area contributed by atoms with Gasteiger partial charge in [0.2, 0.25) is 5.91 Å². The summed E-state index contributed by atoms with van der Waals surface area (Å²) >= 11 is 0. The van der Waals surface area contributed by atoms with Gasteiger partial charge in [0.05, 0.1) is 25.4 Å². The van der Waals surface area contributed by atoms with E-state index in [9.17, 15) is 9.90 Å². The van der Waals surface area contributed by atoms with Gasteiger partial charge in [-0.05, 0) is 55.3 Å². The summed E-state index contributed by atoms with van der Waals surface area (Å²) in [7, 11) is 1.62. The molecule has 0 aromatic heterocycles. The van der Waals surface area contributed by atoms with Crippen molar-refractivity contribution in [3.8, 4) is 11.5 Å². The third-order valence-electron chi connectivity index (χ3n) is 3.80. The van der Waals surface area contributed by atoms with Crippen LogP contribution >= 0.6 is 0 Å². The van der Waals surface area contributed by atoms with E-state index in [1.54, 1.807) is 44.5 Å². The standard InChI is InChI=1S/C22H25N3O3/c1-4-13-23-21(18-7-11-20(28-3)12-8-18)15-24-16(2)25-22(27)14-17-5-9-19(26)10-6-17/h5-13,15,26H,4,14H2,1-3H3,(H,24,25,27)/b21-15-,23-13+. The van der Waals surface area contributed by atoms with Crippen molar-refractivity contribution in [1.29, 1.82) is 0 Å². The van der Waals surface area contributed by atoms with E-state index in [4.69, 9.17) is 4.74 Å². The molecule has 146 valence electrons. The zero-order valence-corrected chi connectivity index (χ0v) is 16.3. The summed E-state index contributed by atoms with van der Waals surface area (Å²) in [6, 6.07) is 14.1. The minimum Gasteiger partial charge on any atom is -0.508 e. The van der Waals surface area contributed by atoms with Crippen LogP contribution in [0.25, 0.3) is 5.70 Å². The van der Waals surface area contributed by atoms with Gasteiger partial charge in [-0.15, -0.1) is 0 Å². The molecule has 6 heteroatoms. The van der Waals surface area contributed by atoms with Gasteiger partial charge in [0.1, 0.15) is 17.3 Å². The second kappa shape index (κ2) is 10.7. The van der Waals surface area contributed by atoms with Crippen molar-refractivity contribution in [2.24, 2.45) is 9.98 Å². The van der Waals surface area contributed by atoms with Gasteiger partial charge in [0.25, 0.3) is 0 Å². The monoisotopic (exact) mass is 379 g/mol. The molecule has 0 heterocycles. The highest BCUT2D eigenvalue weighted by atomic mass is 16.5. The van der Waals surface area contributed by atoms with E-state index in [-0.39, 0.29) is 18.1 Å². The molecular formula is C22H25N3O3. The number of benzene rings is 2. The average Bonchev–Trinajstić information content (AvgIpc) is 2.70. The van der Waals surface area contributed by atoms with Crippen molar-refractivity contribution in [3.63, 3.8) is 0 Å². The first kappa shape index (κ1) is 20.9. The Kier molecular flexibility index (Phi) is 7.96. The molecule has 0 saturated carbocycles. The largest absolute Gasteiger partial charge is 0.508 e. The third-order valence-corrected chi connectivity index (χ3v) is 3.80. The van der Waals surface area contributed by atoms with E-state index in [1.165, 1.54) is 0 Å². The van der Waals surface area contributed by atoms with Crippen LogP contribution in [0.2, 0.25) is 0 Å². The molecule has 1 amide bonds. The Morgan fingerprint density at radius 3 is 2.43 bits per heavy atom. The molecule has 2 rings (SSSR count). The molecule has 0 radical (unpaired) electrons. The summed E-state index contributed by atoms with van der Waals surface area (Å²) in [6.45, 7) is 3.73. The highest BCUT2D eigenvalue weighted by molar-refractivity contribution is 5.98. The molecule has 0 aliphatic carbocycles. The smallest absolute Gasteiger partial charge is 0.229 e. The van der Waals surface area contributed by atoms with Crippen LogP contribution in [0, 0.1) is 0 Å². The molecule has 0 spiro atoms. The normalized spacial score (nSPS) is 12.2. The molecule has 0 aliphatic heterocycles. The Morgan fingerprint density at radius 2 is 1.82 bits per heavy atom. The van der Waals surface area contributed by atoms with Gasteiger partial charge < -0.3 is 15.2 Å². The number of rotatable bonds is 7. The summed E-state index contributed by atoms with van der Waals surface area (Å²) in [4.78, 5) is 20.9. The SMILES string of the molecule is CC/C=N/C(=C\N=C(/C)NC(=O)Cc1ccc(O)cc1)c1ccc(OC)cc1. The number of phenolic OH excluding ortho intramolecular Hbond substituents is 1. The van der Waals surface area contributed by atoms with Gasteiger partial charge >= 0.3 is 0 Å². The molecule has 0 aliphatic rings.